The molecule has 4 nitrogen and oxygen atoms in total. The van der Waals surface area contributed by atoms with Gasteiger partial charge in [-0.3, -0.25) is 4.98 Å². The summed E-state index contributed by atoms with van der Waals surface area (Å²) >= 11 is 1.62. The number of aromatic nitrogens is 1. The van der Waals surface area contributed by atoms with Crippen LogP contribution in [0.25, 0.3) is 10.6 Å². The van der Waals surface area contributed by atoms with Gasteiger partial charge in [0.1, 0.15) is 5.50 Å². The van der Waals surface area contributed by atoms with Crippen molar-refractivity contribution in [2.75, 3.05) is 0 Å². The zero-order chi connectivity index (χ0) is 16.7. The standard InChI is InChI=1S/C19H18N4S/c1-11-7-15(9-16(22-11)13-5-6-13)18-17(23-19(21)24-18)14-4-2-3-12(8-14)10-20/h2-4,7-9,13,19,23H,5-6,21H2,1H3. The topological polar surface area (TPSA) is 74.7 Å². The minimum Gasteiger partial charge on any atom is -0.360 e. The van der Waals surface area contributed by atoms with E-state index in [1.54, 1.807) is 11.8 Å². The molecule has 1 atom stereocenters. The summed E-state index contributed by atoms with van der Waals surface area (Å²) in [5, 5.41) is 12.5. The third kappa shape index (κ3) is 2.91. The highest BCUT2D eigenvalue weighted by Gasteiger charge is 2.28. The Morgan fingerprint density at radius 2 is 2.08 bits per heavy atom. The van der Waals surface area contributed by atoms with E-state index in [9.17, 15) is 0 Å². The molecule has 1 aromatic heterocycles. The molecule has 5 heteroatoms. The Labute approximate surface area is 145 Å². The fourth-order valence-electron chi connectivity index (χ4n) is 3.01. The van der Waals surface area contributed by atoms with Crippen LogP contribution in [0.4, 0.5) is 0 Å². The first-order valence-electron chi connectivity index (χ1n) is 8.06. The Morgan fingerprint density at radius 1 is 1.25 bits per heavy atom. The Balaban J connectivity index is 1.82. The quantitative estimate of drug-likeness (QED) is 0.898. The van der Waals surface area contributed by atoms with E-state index >= 15 is 0 Å². The number of nitrogens with zero attached hydrogens (tertiary/aromatic N) is 2. The molecular weight excluding hydrogens is 316 g/mol. The number of hydrogen-bond acceptors (Lipinski definition) is 5. The molecule has 0 bridgehead atoms. The second kappa shape index (κ2) is 5.97. The third-order valence-electron chi connectivity index (χ3n) is 4.27. The fraction of sp³-hybridized carbons (Fsp3) is 0.263. The molecule has 3 N–H and O–H groups in total. The molecule has 0 amide bonds. The summed E-state index contributed by atoms with van der Waals surface area (Å²) in [7, 11) is 0. The van der Waals surface area contributed by atoms with Gasteiger partial charge in [-0.2, -0.15) is 5.26 Å². The Kier molecular flexibility index (Phi) is 3.79. The fourth-order valence-corrected chi connectivity index (χ4v) is 3.99. The van der Waals surface area contributed by atoms with Crippen molar-refractivity contribution < 1.29 is 0 Å². The molecule has 24 heavy (non-hydrogen) atoms. The number of nitrogens with two attached hydrogens (primary N) is 1. The number of rotatable bonds is 3. The van der Waals surface area contributed by atoms with Gasteiger partial charge < -0.3 is 11.1 Å². The molecule has 0 saturated heterocycles. The van der Waals surface area contributed by atoms with Gasteiger partial charge in [-0.25, -0.2) is 0 Å². The smallest absolute Gasteiger partial charge is 0.127 e. The zero-order valence-corrected chi connectivity index (χ0v) is 14.2. The van der Waals surface area contributed by atoms with E-state index in [1.807, 2.05) is 31.2 Å². The molecule has 4 rings (SSSR count). The van der Waals surface area contributed by atoms with Crippen LogP contribution in [-0.2, 0) is 0 Å². The number of nitrogens with one attached hydrogen (secondary N) is 1. The second-order valence-corrected chi connectivity index (χ2v) is 7.43. The minimum atomic E-state index is -0.182. The molecule has 1 aliphatic heterocycles. The van der Waals surface area contributed by atoms with Crippen molar-refractivity contribution in [1.29, 1.82) is 5.26 Å². The van der Waals surface area contributed by atoms with Crippen molar-refractivity contribution >= 4 is 22.4 Å². The predicted octanol–water partition coefficient (Wildman–Crippen LogP) is 3.54. The SMILES string of the molecule is Cc1cc(C2=C(c3cccc(C#N)c3)NC(N)S2)cc(C2CC2)n1. The molecule has 0 radical (unpaired) electrons. The highest BCUT2D eigenvalue weighted by Crippen LogP contribution is 2.44. The molecule has 1 fully saturated rings. The summed E-state index contributed by atoms with van der Waals surface area (Å²) in [6.07, 6.45) is 2.47. The highest BCUT2D eigenvalue weighted by molar-refractivity contribution is 8.09. The lowest BCUT2D eigenvalue weighted by atomic mass is 10.0. The molecule has 120 valence electrons. The van der Waals surface area contributed by atoms with E-state index < -0.39 is 0 Å². The molecular formula is C19H18N4S. The lowest BCUT2D eigenvalue weighted by Crippen LogP contribution is -2.28. The summed E-state index contributed by atoms with van der Waals surface area (Å²) in [6.45, 7) is 2.04. The van der Waals surface area contributed by atoms with E-state index in [-0.39, 0.29) is 5.50 Å². The van der Waals surface area contributed by atoms with E-state index in [1.165, 1.54) is 18.5 Å². The van der Waals surface area contributed by atoms with Gasteiger partial charge in [0.05, 0.1) is 17.3 Å². The summed E-state index contributed by atoms with van der Waals surface area (Å²) in [4.78, 5) is 5.81. The van der Waals surface area contributed by atoms with Crippen LogP contribution in [0.5, 0.6) is 0 Å². The third-order valence-corrected chi connectivity index (χ3v) is 5.32. The lowest BCUT2D eigenvalue weighted by Gasteiger charge is -2.10. The number of aryl methyl sites for hydroxylation is 1. The molecule has 0 spiro atoms. The summed E-state index contributed by atoms with van der Waals surface area (Å²) in [6, 6.07) is 14.1. The predicted molar refractivity (Wildman–Crippen MR) is 97.6 cm³/mol. The maximum Gasteiger partial charge on any atom is 0.127 e. The average molecular weight is 334 g/mol. The van der Waals surface area contributed by atoms with Crippen molar-refractivity contribution in [3.63, 3.8) is 0 Å². The van der Waals surface area contributed by atoms with Crippen molar-refractivity contribution in [1.82, 2.24) is 10.3 Å². The molecule has 2 aliphatic rings. The molecule has 1 unspecified atom stereocenters. The van der Waals surface area contributed by atoms with Gasteiger partial charge in [-0.1, -0.05) is 23.9 Å². The molecule has 2 aromatic rings. The van der Waals surface area contributed by atoms with Gasteiger partial charge in [0, 0.05) is 27.8 Å². The van der Waals surface area contributed by atoms with Gasteiger partial charge in [-0.15, -0.1) is 0 Å². The lowest BCUT2D eigenvalue weighted by molar-refractivity contribution is 0.853. The average Bonchev–Trinajstić information content (AvgIpc) is 3.36. The van der Waals surface area contributed by atoms with Crippen LogP contribution >= 0.6 is 11.8 Å². The van der Waals surface area contributed by atoms with E-state index in [0.29, 0.717) is 11.5 Å². The highest BCUT2D eigenvalue weighted by atomic mass is 32.2. The van der Waals surface area contributed by atoms with Gasteiger partial charge >= 0.3 is 0 Å². The molecule has 1 saturated carbocycles. The number of benzene rings is 1. The molecule has 2 heterocycles. The monoisotopic (exact) mass is 334 g/mol. The zero-order valence-electron chi connectivity index (χ0n) is 13.4. The van der Waals surface area contributed by atoms with E-state index in [4.69, 9.17) is 11.0 Å². The molecule has 1 aliphatic carbocycles. The first-order chi connectivity index (χ1) is 11.6. The van der Waals surface area contributed by atoms with Crippen LogP contribution in [0.3, 0.4) is 0 Å². The van der Waals surface area contributed by atoms with Gasteiger partial charge in [0.25, 0.3) is 0 Å². The van der Waals surface area contributed by atoms with Crippen LogP contribution in [0.1, 0.15) is 46.8 Å². The van der Waals surface area contributed by atoms with Crippen LogP contribution in [0.15, 0.2) is 36.4 Å². The number of thioether (sulfide) groups is 1. The number of pyridine rings is 1. The van der Waals surface area contributed by atoms with Crippen molar-refractivity contribution in [2.45, 2.75) is 31.2 Å². The number of nitriles is 1. The Hall–Kier alpha value is -2.29. The van der Waals surface area contributed by atoms with Gasteiger partial charge in [-0.05, 0) is 49.6 Å². The summed E-state index contributed by atoms with van der Waals surface area (Å²) in [5.41, 5.74) is 12.0. The van der Waals surface area contributed by atoms with E-state index in [2.05, 4.69) is 28.5 Å². The largest absolute Gasteiger partial charge is 0.360 e. The van der Waals surface area contributed by atoms with Crippen LogP contribution in [0.2, 0.25) is 0 Å². The normalized spacial score (nSPS) is 20.0. The van der Waals surface area contributed by atoms with E-state index in [0.717, 1.165) is 27.4 Å². The minimum absolute atomic E-state index is 0.182. The first kappa shape index (κ1) is 15.3. The maximum absolute atomic E-state index is 9.16. The summed E-state index contributed by atoms with van der Waals surface area (Å²) < 4.78 is 0. The Morgan fingerprint density at radius 3 is 2.83 bits per heavy atom. The van der Waals surface area contributed by atoms with Crippen LogP contribution < -0.4 is 11.1 Å². The maximum atomic E-state index is 9.16. The van der Waals surface area contributed by atoms with Gasteiger partial charge in [0.2, 0.25) is 0 Å². The summed E-state index contributed by atoms with van der Waals surface area (Å²) in [5.74, 6) is 0.614. The molecule has 1 aromatic carbocycles. The van der Waals surface area contributed by atoms with Crippen molar-refractivity contribution in [3.05, 3.63) is 64.5 Å². The van der Waals surface area contributed by atoms with Crippen molar-refractivity contribution in [2.24, 2.45) is 5.73 Å². The van der Waals surface area contributed by atoms with Crippen LogP contribution in [-0.4, -0.2) is 10.5 Å². The number of hydrogen-bond donors (Lipinski definition) is 2. The first-order valence-corrected chi connectivity index (χ1v) is 8.94. The van der Waals surface area contributed by atoms with Gasteiger partial charge in [0.15, 0.2) is 0 Å². The Bertz CT molecular complexity index is 877. The second-order valence-electron chi connectivity index (χ2n) is 6.28. The van der Waals surface area contributed by atoms with Crippen molar-refractivity contribution in [3.8, 4) is 6.07 Å². The van der Waals surface area contributed by atoms with Crippen LogP contribution in [0, 0.1) is 18.3 Å².